The van der Waals surface area contributed by atoms with Crippen molar-refractivity contribution in [2.75, 3.05) is 38.7 Å². The zero-order valence-corrected chi connectivity index (χ0v) is 27.4. The molecule has 1 saturated carbocycles. The number of amides is 2. The number of aromatic nitrogens is 2. The standard InChI is InChI=1S/C35H41F2N5O5/c1-6-42(7-2)13-8-14-46-31-18-28-25(17-30(31)45-5)32(39-20-38-28)47-29-12-10-24(16-27(29)37)41-34(44)35(19-22(35)4)33(43)40-23-9-11-26(36)21(3)15-23/h9-12,16-18,20-22H,6-8,13-15,19H2,1-5H3,(H,40,43)(H,41,44)/t21?,22-,35-/m1/s1. The van der Waals surface area contributed by atoms with Crippen molar-refractivity contribution >= 4 is 28.4 Å². The third-order valence-corrected chi connectivity index (χ3v) is 8.89. The first-order chi connectivity index (χ1) is 22.6. The molecule has 0 aliphatic heterocycles. The lowest BCUT2D eigenvalue weighted by atomic mass is 9.97. The highest BCUT2D eigenvalue weighted by molar-refractivity contribution is 6.13. The van der Waals surface area contributed by atoms with Gasteiger partial charge in [-0.25, -0.2) is 18.7 Å². The van der Waals surface area contributed by atoms with Crippen molar-refractivity contribution in [2.45, 2.75) is 47.0 Å². The molecule has 1 aromatic heterocycles. The van der Waals surface area contributed by atoms with E-state index in [1.165, 1.54) is 37.7 Å². The van der Waals surface area contributed by atoms with Gasteiger partial charge in [-0.15, -0.1) is 0 Å². The highest BCUT2D eigenvalue weighted by Crippen LogP contribution is 2.53. The molecule has 2 aliphatic carbocycles. The van der Waals surface area contributed by atoms with E-state index in [1.807, 2.05) is 0 Å². The number of nitrogens with one attached hydrogen (secondary N) is 2. The number of methoxy groups -OCH3 is 1. The van der Waals surface area contributed by atoms with Gasteiger partial charge in [-0.05, 0) is 68.6 Å². The lowest BCUT2D eigenvalue weighted by Gasteiger charge is -2.21. The molecule has 2 aliphatic rings. The molecule has 10 nitrogen and oxygen atoms in total. The number of anilines is 1. The summed E-state index contributed by atoms with van der Waals surface area (Å²) in [6.45, 7) is 11.2. The third kappa shape index (κ3) is 7.38. The largest absolute Gasteiger partial charge is 0.493 e. The van der Waals surface area contributed by atoms with Crippen LogP contribution in [0.1, 0.15) is 47.0 Å². The van der Waals surface area contributed by atoms with Gasteiger partial charge in [0, 0.05) is 36.0 Å². The molecule has 0 bridgehead atoms. The van der Waals surface area contributed by atoms with E-state index in [0.717, 1.165) is 32.1 Å². The van der Waals surface area contributed by atoms with Crippen LogP contribution >= 0.6 is 0 Å². The minimum Gasteiger partial charge on any atom is -0.493 e. The van der Waals surface area contributed by atoms with E-state index >= 15 is 4.39 Å². The van der Waals surface area contributed by atoms with Gasteiger partial charge in [-0.2, -0.15) is 0 Å². The van der Waals surface area contributed by atoms with Crippen molar-refractivity contribution in [2.24, 2.45) is 17.3 Å². The van der Waals surface area contributed by atoms with E-state index in [0.29, 0.717) is 47.5 Å². The monoisotopic (exact) mass is 649 g/mol. The van der Waals surface area contributed by atoms with E-state index < -0.39 is 23.0 Å². The van der Waals surface area contributed by atoms with Crippen LogP contribution in [0.3, 0.4) is 0 Å². The fourth-order valence-corrected chi connectivity index (χ4v) is 5.76. The van der Waals surface area contributed by atoms with Gasteiger partial charge in [0.05, 0.1) is 24.6 Å². The van der Waals surface area contributed by atoms with Crippen LogP contribution in [-0.2, 0) is 9.59 Å². The van der Waals surface area contributed by atoms with Crippen LogP contribution in [0.4, 0.5) is 14.5 Å². The van der Waals surface area contributed by atoms with Crippen molar-refractivity contribution < 1.29 is 32.6 Å². The molecule has 0 spiro atoms. The van der Waals surface area contributed by atoms with Gasteiger partial charge in [0.25, 0.3) is 0 Å². The summed E-state index contributed by atoms with van der Waals surface area (Å²) in [6, 6.07) is 7.41. The topological polar surface area (TPSA) is 115 Å². The van der Waals surface area contributed by atoms with Crippen LogP contribution in [0.5, 0.6) is 23.1 Å². The Hall–Kier alpha value is -4.58. The van der Waals surface area contributed by atoms with Crippen LogP contribution < -0.4 is 24.8 Å². The number of rotatable bonds is 14. The normalized spacial score (nSPS) is 20.3. The van der Waals surface area contributed by atoms with Gasteiger partial charge < -0.3 is 29.7 Å². The van der Waals surface area contributed by atoms with E-state index in [9.17, 15) is 14.0 Å². The summed E-state index contributed by atoms with van der Waals surface area (Å²) in [5.74, 6) is -1.59. The molecule has 2 amide bonds. The Morgan fingerprint density at radius 2 is 1.74 bits per heavy atom. The average Bonchev–Trinajstić information content (AvgIpc) is 3.76. The molecule has 1 heterocycles. The Balaban J connectivity index is 1.26. The van der Waals surface area contributed by atoms with Gasteiger partial charge in [-0.3, -0.25) is 9.59 Å². The molecule has 2 N–H and O–H groups in total. The molecule has 5 rings (SSSR count). The Labute approximate surface area is 273 Å². The van der Waals surface area contributed by atoms with Crippen LogP contribution in [-0.4, -0.2) is 60.0 Å². The molecule has 0 radical (unpaired) electrons. The minimum absolute atomic E-state index is 0.112. The van der Waals surface area contributed by atoms with Crippen molar-refractivity contribution in [3.05, 3.63) is 66.2 Å². The summed E-state index contributed by atoms with van der Waals surface area (Å²) in [4.78, 5) is 37.4. The number of hydrogen-bond donors (Lipinski definition) is 2. The zero-order valence-electron chi connectivity index (χ0n) is 27.4. The van der Waals surface area contributed by atoms with Crippen LogP contribution in [0.25, 0.3) is 10.9 Å². The van der Waals surface area contributed by atoms with Crippen molar-refractivity contribution in [1.29, 1.82) is 0 Å². The average molecular weight is 650 g/mol. The van der Waals surface area contributed by atoms with Crippen LogP contribution in [0.2, 0.25) is 0 Å². The van der Waals surface area contributed by atoms with Gasteiger partial charge in [0.15, 0.2) is 23.1 Å². The second kappa shape index (κ2) is 14.5. The molecule has 1 unspecified atom stereocenters. The quantitative estimate of drug-likeness (QED) is 0.150. The number of allylic oxidation sites excluding steroid dienone is 4. The molecule has 12 heteroatoms. The predicted octanol–water partition coefficient (Wildman–Crippen LogP) is 6.54. The first kappa shape index (κ1) is 33.8. The second-order valence-electron chi connectivity index (χ2n) is 12.0. The highest BCUT2D eigenvalue weighted by Gasteiger charge is 2.63. The Morgan fingerprint density at radius 3 is 2.40 bits per heavy atom. The van der Waals surface area contributed by atoms with Gasteiger partial charge >= 0.3 is 0 Å². The Kier molecular flexibility index (Phi) is 10.4. The SMILES string of the molecule is CCN(CC)CCCOc1cc2ncnc(Oc3ccc(NC(=O)[C@]4(C(=O)NC5=CC=C(F)C(C)C5)C[C@H]4C)cc3F)c2cc1OC. The summed E-state index contributed by atoms with van der Waals surface area (Å²) in [5.41, 5.74) is -0.0612. The smallest absolute Gasteiger partial charge is 0.240 e. The number of benzene rings is 2. The lowest BCUT2D eigenvalue weighted by Crippen LogP contribution is -2.41. The Bertz CT molecular complexity index is 1710. The maximum absolute atomic E-state index is 15.3. The molecule has 3 atom stereocenters. The summed E-state index contributed by atoms with van der Waals surface area (Å²) in [6.07, 6.45) is 5.67. The number of fused-ring (bicyclic) bond motifs is 1. The minimum atomic E-state index is -1.30. The molecular weight excluding hydrogens is 608 g/mol. The van der Waals surface area contributed by atoms with Gasteiger partial charge in [0.1, 0.15) is 17.6 Å². The van der Waals surface area contributed by atoms with Crippen molar-refractivity contribution in [1.82, 2.24) is 20.2 Å². The Morgan fingerprint density at radius 1 is 1.00 bits per heavy atom. The second-order valence-corrected chi connectivity index (χ2v) is 12.0. The molecule has 1 fully saturated rings. The number of hydrogen-bond acceptors (Lipinski definition) is 8. The highest BCUT2D eigenvalue weighted by atomic mass is 19.1. The molecule has 3 aromatic rings. The molecular formula is C35H41F2N5O5. The maximum atomic E-state index is 15.3. The van der Waals surface area contributed by atoms with Gasteiger partial charge in [0.2, 0.25) is 17.7 Å². The maximum Gasteiger partial charge on any atom is 0.240 e. The molecule has 0 saturated heterocycles. The molecule has 47 heavy (non-hydrogen) atoms. The van der Waals surface area contributed by atoms with Crippen molar-refractivity contribution in [3.8, 4) is 23.1 Å². The first-order valence-corrected chi connectivity index (χ1v) is 15.9. The van der Waals surface area contributed by atoms with E-state index in [4.69, 9.17) is 14.2 Å². The predicted molar refractivity (Wildman–Crippen MR) is 175 cm³/mol. The molecule has 250 valence electrons. The van der Waals surface area contributed by atoms with Crippen molar-refractivity contribution in [3.63, 3.8) is 0 Å². The number of carbonyl (C=O) groups excluding carboxylic acids is 2. The molecule has 2 aromatic carbocycles. The third-order valence-electron chi connectivity index (χ3n) is 8.89. The van der Waals surface area contributed by atoms with E-state index in [1.54, 1.807) is 26.0 Å². The number of nitrogens with zero attached hydrogens (tertiary/aromatic N) is 3. The van der Waals surface area contributed by atoms with Gasteiger partial charge in [-0.1, -0.05) is 27.7 Å². The first-order valence-electron chi connectivity index (χ1n) is 15.9. The van der Waals surface area contributed by atoms with E-state index in [2.05, 4.69) is 39.3 Å². The van der Waals surface area contributed by atoms with E-state index in [-0.39, 0.29) is 35.0 Å². The summed E-state index contributed by atoms with van der Waals surface area (Å²) in [7, 11) is 1.53. The summed E-state index contributed by atoms with van der Waals surface area (Å²) >= 11 is 0. The fraction of sp³-hybridized carbons (Fsp3) is 0.429. The lowest BCUT2D eigenvalue weighted by molar-refractivity contribution is -0.134. The van der Waals surface area contributed by atoms with Crippen LogP contribution in [0, 0.1) is 23.1 Å². The number of ether oxygens (including phenoxy) is 3. The van der Waals surface area contributed by atoms with Crippen LogP contribution in [0.15, 0.2) is 60.3 Å². The fourth-order valence-electron chi connectivity index (χ4n) is 5.76. The number of carbonyl (C=O) groups is 2. The zero-order chi connectivity index (χ0) is 33.7. The summed E-state index contributed by atoms with van der Waals surface area (Å²) in [5, 5.41) is 5.96. The number of halogens is 2. The summed E-state index contributed by atoms with van der Waals surface area (Å²) < 4.78 is 46.5.